The number of nitro groups is 1. The van der Waals surface area contributed by atoms with E-state index in [0.717, 1.165) is 6.54 Å². The number of nitrogens with zero attached hydrogens (tertiary/aromatic N) is 4. The summed E-state index contributed by atoms with van der Waals surface area (Å²) in [4.78, 5) is 18.0. The Labute approximate surface area is 135 Å². The van der Waals surface area contributed by atoms with E-state index in [-0.39, 0.29) is 0 Å². The number of aromatic nitrogens is 1. The molecular formula is C12H17BrF2N4O3. The summed E-state index contributed by atoms with van der Waals surface area (Å²) in [6.07, 6.45) is -2.74. The lowest BCUT2D eigenvalue weighted by Crippen LogP contribution is -2.29. The van der Waals surface area contributed by atoms with Crippen molar-refractivity contribution >= 4 is 27.4 Å². The number of anilines is 1. The molecule has 0 aliphatic carbocycles. The average molecular weight is 383 g/mol. The number of likely N-dealkylation sites (N-methyl/N-ethyl adjacent to an activating group) is 2. The van der Waals surface area contributed by atoms with Crippen molar-refractivity contribution in [1.29, 1.82) is 0 Å². The Morgan fingerprint density at radius 3 is 2.55 bits per heavy atom. The molecule has 0 bridgehead atoms. The van der Waals surface area contributed by atoms with Gasteiger partial charge in [-0.15, -0.1) is 0 Å². The van der Waals surface area contributed by atoms with Gasteiger partial charge in [0.25, 0.3) is 12.3 Å². The lowest BCUT2D eigenvalue weighted by molar-refractivity contribution is -0.386. The van der Waals surface area contributed by atoms with Crippen LogP contribution in [0.1, 0.15) is 0 Å². The fourth-order valence-electron chi connectivity index (χ4n) is 1.56. The van der Waals surface area contributed by atoms with Gasteiger partial charge in [0.2, 0.25) is 0 Å². The molecule has 7 nitrogen and oxygen atoms in total. The number of hydrogen-bond donors (Lipinski definition) is 0. The molecule has 0 unspecified atom stereocenters. The molecule has 10 heteroatoms. The molecule has 1 aromatic heterocycles. The summed E-state index contributed by atoms with van der Waals surface area (Å²) in [6, 6.07) is 1.20. The Kier molecular flexibility index (Phi) is 6.88. The molecule has 0 radical (unpaired) electrons. The molecular weight excluding hydrogens is 366 g/mol. The first kappa shape index (κ1) is 18.5. The Morgan fingerprint density at radius 2 is 2.05 bits per heavy atom. The van der Waals surface area contributed by atoms with E-state index in [0.29, 0.717) is 16.8 Å². The van der Waals surface area contributed by atoms with Crippen LogP contribution in [0.15, 0.2) is 10.5 Å². The zero-order valence-electron chi connectivity index (χ0n) is 12.4. The van der Waals surface area contributed by atoms with Crippen LogP contribution >= 0.6 is 15.9 Å². The van der Waals surface area contributed by atoms with Crippen molar-refractivity contribution in [3.63, 3.8) is 0 Å². The van der Waals surface area contributed by atoms with Crippen molar-refractivity contribution < 1.29 is 18.4 Å². The normalized spacial score (nSPS) is 11.1. The van der Waals surface area contributed by atoms with E-state index in [2.05, 4.69) is 20.9 Å². The Hall–Kier alpha value is -1.55. The van der Waals surface area contributed by atoms with Crippen LogP contribution in [0.25, 0.3) is 0 Å². The van der Waals surface area contributed by atoms with Crippen LogP contribution in [0.5, 0.6) is 5.88 Å². The molecule has 0 aromatic carbocycles. The maximum absolute atomic E-state index is 12.3. The quantitative estimate of drug-likeness (QED) is 0.507. The highest BCUT2D eigenvalue weighted by molar-refractivity contribution is 9.10. The first-order chi connectivity index (χ1) is 10.2. The molecule has 0 saturated carbocycles. The summed E-state index contributed by atoms with van der Waals surface area (Å²) >= 11 is 3.21. The van der Waals surface area contributed by atoms with Gasteiger partial charge in [-0.1, -0.05) is 0 Å². The topological polar surface area (TPSA) is 71.7 Å². The predicted octanol–water partition coefficient (Wildman–Crippen LogP) is 2.39. The van der Waals surface area contributed by atoms with Crippen LogP contribution in [0, 0.1) is 10.1 Å². The van der Waals surface area contributed by atoms with Crippen molar-refractivity contribution in [2.45, 2.75) is 6.43 Å². The van der Waals surface area contributed by atoms with Gasteiger partial charge in [-0.3, -0.25) is 10.1 Å². The molecule has 0 aliphatic rings. The van der Waals surface area contributed by atoms with Crippen LogP contribution < -0.4 is 9.64 Å². The first-order valence-electron chi connectivity index (χ1n) is 6.34. The SMILES string of the molecule is CN(C)CCN(C)c1nc(OCC(F)F)c([N+](=O)[O-])cc1Br. The Bertz CT molecular complexity index is 531. The summed E-state index contributed by atoms with van der Waals surface area (Å²) in [6.45, 7) is 0.385. The molecule has 0 amide bonds. The maximum Gasteiger partial charge on any atom is 0.332 e. The molecule has 0 atom stereocenters. The molecule has 0 saturated heterocycles. The monoisotopic (exact) mass is 382 g/mol. The molecule has 1 heterocycles. The predicted molar refractivity (Wildman–Crippen MR) is 81.9 cm³/mol. The average Bonchev–Trinajstić information content (AvgIpc) is 2.42. The summed E-state index contributed by atoms with van der Waals surface area (Å²) in [7, 11) is 5.56. The minimum Gasteiger partial charge on any atom is -0.467 e. The zero-order chi connectivity index (χ0) is 16.9. The van der Waals surface area contributed by atoms with Gasteiger partial charge in [0.1, 0.15) is 5.82 Å². The third kappa shape index (κ3) is 5.34. The maximum atomic E-state index is 12.3. The van der Waals surface area contributed by atoms with Gasteiger partial charge in [-0.2, -0.15) is 4.98 Å². The largest absolute Gasteiger partial charge is 0.467 e. The fraction of sp³-hybridized carbons (Fsp3) is 0.583. The third-order valence-electron chi connectivity index (χ3n) is 2.69. The number of pyridine rings is 1. The van der Waals surface area contributed by atoms with Crippen molar-refractivity contribution in [3.8, 4) is 5.88 Å². The second kappa shape index (κ2) is 8.18. The molecule has 0 fully saturated rings. The van der Waals surface area contributed by atoms with Crippen LogP contribution in [0.4, 0.5) is 20.3 Å². The lowest BCUT2D eigenvalue weighted by Gasteiger charge is -2.22. The molecule has 0 N–H and O–H groups in total. The number of hydrogen-bond acceptors (Lipinski definition) is 6. The van der Waals surface area contributed by atoms with Gasteiger partial charge in [0, 0.05) is 26.2 Å². The second-order valence-corrected chi connectivity index (χ2v) is 5.66. The highest BCUT2D eigenvalue weighted by Gasteiger charge is 2.23. The van der Waals surface area contributed by atoms with Crippen molar-refractivity contribution in [1.82, 2.24) is 9.88 Å². The third-order valence-corrected chi connectivity index (χ3v) is 3.27. The number of alkyl halides is 2. The number of ether oxygens (including phenoxy) is 1. The Morgan fingerprint density at radius 1 is 1.41 bits per heavy atom. The summed E-state index contributed by atoms with van der Waals surface area (Å²) in [5.74, 6) is -0.0306. The van der Waals surface area contributed by atoms with Gasteiger partial charge < -0.3 is 14.5 Å². The Balaban J connectivity index is 3.07. The van der Waals surface area contributed by atoms with Crippen LogP contribution in [0.3, 0.4) is 0 Å². The highest BCUT2D eigenvalue weighted by atomic mass is 79.9. The first-order valence-corrected chi connectivity index (χ1v) is 7.13. The van der Waals surface area contributed by atoms with Crippen molar-refractivity contribution in [3.05, 3.63) is 20.7 Å². The number of rotatable bonds is 8. The highest BCUT2D eigenvalue weighted by Crippen LogP contribution is 2.34. The molecule has 0 aliphatic heterocycles. The van der Waals surface area contributed by atoms with Gasteiger partial charge >= 0.3 is 5.69 Å². The van der Waals surface area contributed by atoms with E-state index < -0.39 is 29.5 Å². The zero-order valence-corrected chi connectivity index (χ0v) is 14.0. The molecule has 0 spiro atoms. The van der Waals surface area contributed by atoms with Gasteiger partial charge in [-0.05, 0) is 30.0 Å². The smallest absolute Gasteiger partial charge is 0.332 e. The van der Waals surface area contributed by atoms with E-state index in [9.17, 15) is 18.9 Å². The summed E-state index contributed by atoms with van der Waals surface area (Å²) in [5.41, 5.74) is -0.461. The minimum atomic E-state index is -2.74. The van der Waals surface area contributed by atoms with E-state index >= 15 is 0 Å². The van der Waals surface area contributed by atoms with Gasteiger partial charge in [0.15, 0.2) is 6.61 Å². The summed E-state index contributed by atoms with van der Waals surface area (Å²) in [5, 5.41) is 11.0. The minimum absolute atomic E-state index is 0.386. The molecule has 1 rings (SSSR count). The van der Waals surface area contributed by atoms with E-state index in [4.69, 9.17) is 4.74 Å². The van der Waals surface area contributed by atoms with E-state index in [1.807, 2.05) is 19.0 Å². The second-order valence-electron chi connectivity index (χ2n) is 4.80. The van der Waals surface area contributed by atoms with Gasteiger partial charge in [0.05, 0.1) is 9.40 Å². The van der Waals surface area contributed by atoms with Gasteiger partial charge in [-0.25, -0.2) is 8.78 Å². The van der Waals surface area contributed by atoms with Crippen molar-refractivity contribution in [2.24, 2.45) is 0 Å². The molecule has 124 valence electrons. The molecule has 1 aromatic rings. The van der Waals surface area contributed by atoms with E-state index in [1.54, 1.807) is 11.9 Å². The van der Waals surface area contributed by atoms with Crippen molar-refractivity contribution in [2.75, 3.05) is 45.7 Å². The standard InChI is InChI=1S/C12H17BrF2N4O3/c1-17(2)4-5-18(3)11-8(13)6-9(19(20)21)12(16-11)22-7-10(14)15/h6,10H,4-5,7H2,1-3H3. The fourth-order valence-corrected chi connectivity index (χ4v) is 2.16. The molecule has 22 heavy (non-hydrogen) atoms. The van der Waals surface area contributed by atoms with E-state index in [1.165, 1.54) is 6.07 Å². The van der Waals surface area contributed by atoms with Crippen LogP contribution in [-0.2, 0) is 0 Å². The summed E-state index contributed by atoms with van der Waals surface area (Å²) < 4.78 is 29.7. The number of halogens is 3. The van der Waals surface area contributed by atoms with Crippen LogP contribution in [-0.4, -0.2) is 62.1 Å². The van der Waals surface area contributed by atoms with Crippen LogP contribution in [0.2, 0.25) is 0 Å². The lowest BCUT2D eigenvalue weighted by atomic mass is 10.3.